The Morgan fingerprint density at radius 2 is 1.47 bits per heavy atom. The maximum Gasteiger partial charge on any atom is 0.343 e. The minimum atomic E-state index is -0.499. The second-order valence-electron chi connectivity index (χ2n) is 9.78. The molecule has 1 heterocycles. The predicted octanol–water partition coefficient (Wildman–Crippen LogP) is 4.64. The second-order valence-corrected chi connectivity index (χ2v) is 9.78. The summed E-state index contributed by atoms with van der Waals surface area (Å²) in [6.45, 7) is 2.76. The van der Waals surface area contributed by atoms with Crippen molar-refractivity contribution < 1.29 is 23.9 Å². The van der Waals surface area contributed by atoms with E-state index in [4.69, 9.17) is 9.47 Å². The highest BCUT2D eigenvalue weighted by Crippen LogP contribution is 2.65. The zero-order valence-electron chi connectivity index (χ0n) is 19.1. The molecular weight excluding hydrogens is 430 g/mol. The van der Waals surface area contributed by atoms with E-state index < -0.39 is 5.97 Å². The number of rotatable bonds is 7. The molecule has 4 aliphatic carbocycles. The van der Waals surface area contributed by atoms with Crippen LogP contribution in [0.5, 0.6) is 11.5 Å². The summed E-state index contributed by atoms with van der Waals surface area (Å²) in [4.78, 5) is 40.4. The van der Waals surface area contributed by atoms with E-state index in [1.807, 2.05) is 0 Å². The van der Waals surface area contributed by atoms with Crippen LogP contribution in [0.2, 0.25) is 0 Å². The van der Waals surface area contributed by atoms with Gasteiger partial charge in [0.15, 0.2) is 0 Å². The molecule has 1 saturated heterocycles. The maximum absolute atomic E-state index is 13.2. The molecule has 2 saturated carbocycles. The fourth-order valence-electron chi connectivity index (χ4n) is 6.06. The molecule has 0 N–H and O–H groups in total. The first-order valence-corrected chi connectivity index (χ1v) is 12.2. The van der Waals surface area contributed by atoms with Crippen molar-refractivity contribution >= 4 is 23.5 Å². The van der Waals surface area contributed by atoms with E-state index in [0.29, 0.717) is 35.4 Å². The smallest absolute Gasteiger partial charge is 0.343 e. The Hall–Kier alpha value is -3.41. The lowest BCUT2D eigenvalue weighted by atomic mass is 9.63. The second kappa shape index (κ2) is 8.12. The fourth-order valence-corrected chi connectivity index (χ4v) is 6.06. The van der Waals surface area contributed by atoms with Crippen LogP contribution in [0.15, 0.2) is 60.7 Å². The monoisotopic (exact) mass is 457 g/mol. The first kappa shape index (κ1) is 21.1. The summed E-state index contributed by atoms with van der Waals surface area (Å²) in [6, 6.07) is 13.5. The number of nitrogens with zero attached hydrogens (tertiary/aromatic N) is 1. The number of anilines is 1. The molecule has 0 radical (unpaired) electrons. The summed E-state index contributed by atoms with van der Waals surface area (Å²) in [5, 5.41) is 0. The average Bonchev–Trinajstić information content (AvgIpc) is 3.64. The standard InChI is InChI=1S/C28H27NO5/c1-2-3-14-33-18-8-10-19(11-9-18)34-28(32)16-4-6-17(7-5-16)29-26(30)24-20-12-13-21(23-15-22(20)23)25(24)27(29)31/h4-13,20-25H,2-3,14-15H2,1H3. The lowest BCUT2D eigenvalue weighted by Gasteiger charge is -2.37. The Morgan fingerprint density at radius 3 is 2.06 bits per heavy atom. The van der Waals surface area contributed by atoms with Crippen LogP contribution in [-0.4, -0.2) is 24.4 Å². The molecule has 5 aliphatic rings. The highest BCUT2D eigenvalue weighted by Gasteiger charge is 2.67. The third-order valence-corrected chi connectivity index (χ3v) is 7.82. The summed E-state index contributed by atoms with van der Waals surface area (Å²) in [5.74, 6) is 1.53. The van der Waals surface area contributed by atoms with Crippen LogP contribution >= 0.6 is 0 Å². The number of benzene rings is 2. The van der Waals surface area contributed by atoms with Crippen molar-refractivity contribution in [3.8, 4) is 11.5 Å². The van der Waals surface area contributed by atoms with Crippen LogP contribution in [0.3, 0.4) is 0 Å². The highest BCUT2D eigenvalue weighted by molar-refractivity contribution is 6.22. The number of hydrogen-bond donors (Lipinski definition) is 0. The van der Waals surface area contributed by atoms with E-state index in [1.165, 1.54) is 4.90 Å². The Kier molecular flexibility index (Phi) is 5.05. The molecule has 3 fully saturated rings. The van der Waals surface area contributed by atoms with Crippen LogP contribution < -0.4 is 14.4 Å². The molecule has 2 bridgehead atoms. The first-order chi connectivity index (χ1) is 16.6. The van der Waals surface area contributed by atoms with Gasteiger partial charge in [0, 0.05) is 0 Å². The summed E-state index contributed by atoms with van der Waals surface area (Å²) >= 11 is 0. The number of carbonyl (C=O) groups is 3. The third-order valence-electron chi connectivity index (χ3n) is 7.82. The normalized spacial score (nSPS) is 30.2. The van der Waals surface area contributed by atoms with Crippen molar-refractivity contribution in [3.05, 3.63) is 66.2 Å². The van der Waals surface area contributed by atoms with Gasteiger partial charge < -0.3 is 9.47 Å². The highest BCUT2D eigenvalue weighted by atomic mass is 16.5. The zero-order valence-corrected chi connectivity index (χ0v) is 19.1. The zero-order chi connectivity index (χ0) is 23.4. The summed E-state index contributed by atoms with van der Waals surface area (Å²) in [7, 11) is 0. The van der Waals surface area contributed by atoms with Gasteiger partial charge in [0.1, 0.15) is 11.5 Å². The van der Waals surface area contributed by atoms with Crippen molar-refractivity contribution in [3.63, 3.8) is 0 Å². The predicted molar refractivity (Wildman–Crippen MR) is 125 cm³/mol. The molecule has 34 heavy (non-hydrogen) atoms. The summed E-state index contributed by atoms with van der Waals surface area (Å²) in [5.41, 5.74) is 0.870. The molecule has 7 rings (SSSR count). The number of allylic oxidation sites excluding steroid dienone is 2. The molecule has 6 nitrogen and oxygen atoms in total. The number of amides is 2. The SMILES string of the molecule is CCCCOc1ccc(OC(=O)c2ccc(N3C(=O)C4C5C=CC(C6CC56)C4C3=O)cc2)cc1. The summed E-state index contributed by atoms with van der Waals surface area (Å²) in [6.07, 6.45) is 7.52. The molecule has 6 unspecified atom stereocenters. The van der Waals surface area contributed by atoms with Crippen LogP contribution in [0.4, 0.5) is 5.69 Å². The van der Waals surface area contributed by atoms with Crippen LogP contribution in [-0.2, 0) is 9.59 Å². The number of esters is 1. The summed E-state index contributed by atoms with van der Waals surface area (Å²) < 4.78 is 11.1. The average molecular weight is 458 g/mol. The number of imide groups is 1. The molecule has 6 heteroatoms. The molecule has 6 atom stereocenters. The Morgan fingerprint density at radius 1 is 0.882 bits per heavy atom. The first-order valence-electron chi connectivity index (χ1n) is 12.2. The van der Waals surface area contributed by atoms with E-state index >= 15 is 0 Å². The minimum Gasteiger partial charge on any atom is -0.494 e. The van der Waals surface area contributed by atoms with Gasteiger partial charge in [-0.05, 0) is 85.0 Å². The van der Waals surface area contributed by atoms with Crippen molar-refractivity contribution in [1.29, 1.82) is 0 Å². The Labute approximate surface area is 198 Å². The van der Waals surface area contributed by atoms with Crippen LogP contribution in [0.25, 0.3) is 0 Å². The number of hydrogen-bond acceptors (Lipinski definition) is 5. The van der Waals surface area contributed by atoms with E-state index in [9.17, 15) is 14.4 Å². The van der Waals surface area contributed by atoms with Crippen molar-refractivity contribution in [2.24, 2.45) is 35.5 Å². The lowest BCUT2D eigenvalue weighted by molar-refractivity contribution is -0.124. The van der Waals surface area contributed by atoms with Crippen molar-refractivity contribution in [2.75, 3.05) is 11.5 Å². The molecule has 0 spiro atoms. The van der Waals surface area contributed by atoms with Gasteiger partial charge >= 0.3 is 5.97 Å². The fraction of sp³-hybridized carbons (Fsp3) is 0.393. The molecule has 174 valence electrons. The van der Waals surface area contributed by atoms with Gasteiger partial charge in [0.05, 0.1) is 29.7 Å². The van der Waals surface area contributed by atoms with Gasteiger partial charge in [-0.1, -0.05) is 25.5 Å². The number of unbranched alkanes of at least 4 members (excludes halogenated alkanes) is 1. The van der Waals surface area contributed by atoms with Gasteiger partial charge in [-0.2, -0.15) is 0 Å². The Bertz CT molecular complexity index is 1130. The molecule has 2 amide bonds. The quantitative estimate of drug-likeness (QED) is 0.199. The van der Waals surface area contributed by atoms with Crippen molar-refractivity contribution in [1.82, 2.24) is 0 Å². The molecule has 1 aliphatic heterocycles. The van der Waals surface area contributed by atoms with E-state index in [0.717, 1.165) is 25.0 Å². The third kappa shape index (κ3) is 3.35. The molecule has 2 aromatic rings. The number of carbonyl (C=O) groups excluding carboxylic acids is 3. The lowest BCUT2D eigenvalue weighted by Crippen LogP contribution is -2.40. The maximum atomic E-state index is 13.2. The molecule has 2 aromatic carbocycles. The van der Waals surface area contributed by atoms with E-state index in [1.54, 1.807) is 48.5 Å². The van der Waals surface area contributed by atoms with Crippen molar-refractivity contribution in [2.45, 2.75) is 26.2 Å². The topological polar surface area (TPSA) is 72.9 Å². The van der Waals surface area contributed by atoms with Gasteiger partial charge in [-0.25, -0.2) is 4.79 Å². The van der Waals surface area contributed by atoms with Gasteiger partial charge in [-0.3, -0.25) is 14.5 Å². The van der Waals surface area contributed by atoms with Gasteiger partial charge in [0.2, 0.25) is 11.8 Å². The minimum absolute atomic E-state index is 0.101. The Balaban J connectivity index is 1.13. The van der Waals surface area contributed by atoms with Gasteiger partial charge in [-0.15, -0.1) is 0 Å². The van der Waals surface area contributed by atoms with E-state index in [2.05, 4.69) is 19.1 Å². The van der Waals surface area contributed by atoms with E-state index in [-0.39, 0.29) is 35.5 Å². The molecular formula is C28H27NO5. The van der Waals surface area contributed by atoms with Crippen LogP contribution in [0.1, 0.15) is 36.5 Å². The molecule has 0 aromatic heterocycles. The number of ether oxygens (including phenoxy) is 2. The van der Waals surface area contributed by atoms with Gasteiger partial charge in [0.25, 0.3) is 0 Å². The van der Waals surface area contributed by atoms with Crippen LogP contribution in [0, 0.1) is 35.5 Å². The largest absolute Gasteiger partial charge is 0.494 e.